The van der Waals surface area contributed by atoms with E-state index < -0.39 is 17.6 Å². The highest BCUT2D eigenvalue weighted by atomic mass is 35.5. The van der Waals surface area contributed by atoms with Crippen LogP contribution in [-0.4, -0.2) is 68.8 Å². The number of aromatic nitrogens is 5. The molecule has 0 spiro atoms. The quantitative estimate of drug-likeness (QED) is 0.339. The number of carbonyl (C=O) groups is 1. The summed E-state index contributed by atoms with van der Waals surface area (Å²) in [5, 5.41) is 15.0. The van der Waals surface area contributed by atoms with Crippen molar-refractivity contribution in [3.63, 3.8) is 0 Å². The van der Waals surface area contributed by atoms with E-state index in [2.05, 4.69) is 25.6 Å². The standard InChI is InChI=1S/C28H30ClF3N8O/c1-17-6-7-19(12-24(17)40-16-23(35-36-40)21-15-33-38(4)18(21)2)27(41)34-20-13-22(28(30,31)32)26(29)25(14-20)39-9-5-8-37(3)10-11-39/h6-7,12-16H,5,8-11H2,1-4H3,(H,34,41). The van der Waals surface area contributed by atoms with Gasteiger partial charge in [0, 0.05) is 49.2 Å². The summed E-state index contributed by atoms with van der Waals surface area (Å²) in [5.74, 6) is -0.563. The lowest BCUT2D eigenvalue weighted by atomic mass is 10.1. The first-order chi connectivity index (χ1) is 19.4. The van der Waals surface area contributed by atoms with Crippen molar-refractivity contribution in [2.75, 3.05) is 43.4 Å². The van der Waals surface area contributed by atoms with Crippen LogP contribution in [0, 0.1) is 13.8 Å². The lowest BCUT2D eigenvalue weighted by Crippen LogP contribution is -2.29. The Hall–Kier alpha value is -3.90. The molecule has 0 radical (unpaired) electrons. The summed E-state index contributed by atoms with van der Waals surface area (Å²) in [5.41, 5.74) is 3.35. The molecule has 1 aliphatic heterocycles. The average molecular weight is 587 g/mol. The molecule has 41 heavy (non-hydrogen) atoms. The Kier molecular flexibility index (Phi) is 7.80. The van der Waals surface area contributed by atoms with Gasteiger partial charge in [-0.3, -0.25) is 9.48 Å². The van der Waals surface area contributed by atoms with Crippen molar-refractivity contribution >= 4 is 28.9 Å². The van der Waals surface area contributed by atoms with E-state index in [9.17, 15) is 18.0 Å². The second-order valence-corrected chi connectivity index (χ2v) is 10.6. The first kappa shape index (κ1) is 28.6. The van der Waals surface area contributed by atoms with Gasteiger partial charge in [0.05, 0.1) is 34.4 Å². The number of anilines is 2. The van der Waals surface area contributed by atoms with Gasteiger partial charge in [0.2, 0.25) is 0 Å². The summed E-state index contributed by atoms with van der Waals surface area (Å²) in [6, 6.07) is 7.39. The van der Waals surface area contributed by atoms with Gasteiger partial charge >= 0.3 is 6.18 Å². The van der Waals surface area contributed by atoms with E-state index in [4.69, 9.17) is 11.6 Å². The number of aryl methyl sites for hydroxylation is 2. The maximum Gasteiger partial charge on any atom is 0.417 e. The fraction of sp³-hybridized carbons (Fsp3) is 0.357. The Morgan fingerprint density at radius 1 is 1.02 bits per heavy atom. The molecule has 0 aliphatic carbocycles. The molecule has 0 saturated carbocycles. The zero-order valence-corrected chi connectivity index (χ0v) is 23.9. The van der Waals surface area contributed by atoms with Gasteiger partial charge in [0.15, 0.2) is 0 Å². The van der Waals surface area contributed by atoms with E-state index in [1.54, 1.807) is 40.0 Å². The van der Waals surface area contributed by atoms with Crippen LogP contribution in [0.4, 0.5) is 24.5 Å². The molecule has 1 saturated heterocycles. The summed E-state index contributed by atoms with van der Waals surface area (Å²) in [4.78, 5) is 17.3. The van der Waals surface area contributed by atoms with Crippen molar-refractivity contribution in [2.45, 2.75) is 26.4 Å². The highest BCUT2D eigenvalue weighted by Gasteiger charge is 2.36. The van der Waals surface area contributed by atoms with Crippen molar-refractivity contribution in [2.24, 2.45) is 7.05 Å². The molecule has 1 N–H and O–H groups in total. The van der Waals surface area contributed by atoms with Crippen molar-refractivity contribution < 1.29 is 18.0 Å². The summed E-state index contributed by atoms with van der Waals surface area (Å²) < 4.78 is 45.2. The molecule has 1 amide bonds. The largest absolute Gasteiger partial charge is 0.417 e. The highest BCUT2D eigenvalue weighted by molar-refractivity contribution is 6.34. The van der Waals surface area contributed by atoms with Gasteiger partial charge in [-0.05, 0) is 63.7 Å². The topological polar surface area (TPSA) is 84.1 Å². The third-order valence-electron chi connectivity index (χ3n) is 7.40. The van der Waals surface area contributed by atoms with Crippen LogP contribution < -0.4 is 10.2 Å². The number of benzene rings is 2. The van der Waals surface area contributed by atoms with E-state index in [1.165, 1.54) is 6.07 Å². The first-order valence-electron chi connectivity index (χ1n) is 13.1. The minimum absolute atomic E-state index is 0.0107. The van der Waals surface area contributed by atoms with Crippen molar-refractivity contribution in [1.82, 2.24) is 29.7 Å². The van der Waals surface area contributed by atoms with Crippen molar-refractivity contribution in [3.8, 4) is 16.9 Å². The molecule has 3 heterocycles. The maximum absolute atomic E-state index is 14.0. The molecule has 0 atom stereocenters. The van der Waals surface area contributed by atoms with Gasteiger partial charge in [-0.15, -0.1) is 5.10 Å². The molecule has 9 nitrogen and oxygen atoms in total. The van der Waals surface area contributed by atoms with E-state index in [-0.39, 0.29) is 22.0 Å². The molecule has 2 aromatic heterocycles. The average Bonchev–Trinajstić information content (AvgIpc) is 3.46. The first-order valence-corrected chi connectivity index (χ1v) is 13.5. The van der Waals surface area contributed by atoms with Crippen LogP contribution in [-0.2, 0) is 13.2 Å². The SMILES string of the molecule is Cc1ccc(C(=O)Nc2cc(N3CCCN(C)CC3)c(Cl)c(C(F)(F)F)c2)cc1-n1cc(-c2cnn(C)c2C)nn1. The Labute approximate surface area is 240 Å². The normalized spacial score (nSPS) is 14.8. The van der Waals surface area contributed by atoms with Crippen LogP contribution in [0.1, 0.15) is 33.6 Å². The number of carbonyl (C=O) groups excluding carboxylic acids is 1. The van der Waals surface area contributed by atoms with Gasteiger partial charge in [-0.25, -0.2) is 4.68 Å². The summed E-state index contributed by atoms with van der Waals surface area (Å²) in [6.07, 6.45) is -0.460. The van der Waals surface area contributed by atoms with Gasteiger partial charge < -0.3 is 15.1 Å². The van der Waals surface area contributed by atoms with E-state index in [0.717, 1.165) is 35.9 Å². The Balaban J connectivity index is 1.45. The van der Waals surface area contributed by atoms with E-state index in [0.29, 0.717) is 31.0 Å². The number of alkyl halides is 3. The predicted molar refractivity (Wildman–Crippen MR) is 152 cm³/mol. The molecule has 2 aromatic carbocycles. The van der Waals surface area contributed by atoms with Crippen LogP contribution in [0.15, 0.2) is 42.7 Å². The summed E-state index contributed by atoms with van der Waals surface area (Å²) in [7, 11) is 3.81. The molecule has 5 rings (SSSR count). The van der Waals surface area contributed by atoms with Crippen molar-refractivity contribution in [3.05, 3.63) is 70.1 Å². The number of halogens is 4. The van der Waals surface area contributed by atoms with E-state index >= 15 is 0 Å². The van der Waals surface area contributed by atoms with Gasteiger partial charge in [0.25, 0.3) is 5.91 Å². The Bertz CT molecular complexity index is 1600. The zero-order chi connectivity index (χ0) is 29.5. The van der Waals surface area contributed by atoms with Gasteiger partial charge in [-0.2, -0.15) is 18.3 Å². The number of amides is 1. The number of likely N-dealkylation sites (N-methyl/N-ethyl adjacent to an activating group) is 1. The van der Waals surface area contributed by atoms with Crippen LogP contribution in [0.2, 0.25) is 5.02 Å². The number of nitrogens with zero attached hydrogens (tertiary/aromatic N) is 7. The number of nitrogens with one attached hydrogen (secondary N) is 1. The second-order valence-electron chi connectivity index (χ2n) is 10.3. The molecule has 1 aliphatic rings. The van der Waals surface area contributed by atoms with E-state index in [1.807, 2.05) is 32.8 Å². The molecule has 1 fully saturated rings. The molecule has 4 aromatic rings. The van der Waals surface area contributed by atoms with Gasteiger partial charge in [0.1, 0.15) is 5.69 Å². The smallest absolute Gasteiger partial charge is 0.369 e. The zero-order valence-electron chi connectivity index (χ0n) is 23.1. The predicted octanol–water partition coefficient (Wildman–Crippen LogP) is 5.35. The monoisotopic (exact) mass is 586 g/mol. The lowest BCUT2D eigenvalue weighted by molar-refractivity contribution is -0.137. The van der Waals surface area contributed by atoms with Gasteiger partial charge in [-0.1, -0.05) is 22.9 Å². The number of hydrogen-bond donors (Lipinski definition) is 1. The summed E-state index contributed by atoms with van der Waals surface area (Å²) >= 11 is 6.30. The third-order valence-corrected chi connectivity index (χ3v) is 7.80. The van der Waals surface area contributed by atoms with Crippen LogP contribution in [0.3, 0.4) is 0 Å². The third kappa shape index (κ3) is 5.94. The van der Waals surface area contributed by atoms with Crippen LogP contribution in [0.25, 0.3) is 16.9 Å². The fourth-order valence-corrected chi connectivity index (χ4v) is 5.20. The summed E-state index contributed by atoms with van der Waals surface area (Å²) in [6.45, 7) is 6.39. The number of hydrogen-bond acceptors (Lipinski definition) is 6. The molecule has 0 bridgehead atoms. The fourth-order valence-electron chi connectivity index (χ4n) is 4.86. The minimum Gasteiger partial charge on any atom is -0.369 e. The molecular weight excluding hydrogens is 557 g/mol. The Morgan fingerprint density at radius 2 is 1.80 bits per heavy atom. The minimum atomic E-state index is -4.69. The second kappa shape index (κ2) is 11.2. The Morgan fingerprint density at radius 3 is 2.51 bits per heavy atom. The molecule has 216 valence electrons. The number of rotatable bonds is 5. The lowest BCUT2D eigenvalue weighted by Gasteiger charge is -2.26. The molecule has 13 heteroatoms. The molecular formula is C28H30ClF3N8O. The van der Waals surface area contributed by atoms with Crippen LogP contribution in [0.5, 0.6) is 0 Å². The maximum atomic E-state index is 14.0. The van der Waals surface area contributed by atoms with Crippen molar-refractivity contribution in [1.29, 1.82) is 0 Å². The molecule has 0 unspecified atom stereocenters. The highest BCUT2D eigenvalue weighted by Crippen LogP contribution is 2.42. The van der Waals surface area contributed by atoms with Crippen LogP contribution >= 0.6 is 11.6 Å².